The van der Waals surface area contributed by atoms with Crippen LogP contribution in [0.5, 0.6) is 0 Å². The van der Waals surface area contributed by atoms with Gasteiger partial charge in [-0.15, -0.1) is 0 Å². The number of rotatable bonds is 8. The number of hydrogen-bond donors (Lipinski definition) is 1. The number of carbonyl (C=O) groups is 1. The number of fused-ring (bicyclic) bond motifs is 1. The van der Waals surface area contributed by atoms with Gasteiger partial charge in [0, 0.05) is 13.2 Å². The molecule has 1 heterocycles. The zero-order chi connectivity index (χ0) is 23.2. The Morgan fingerprint density at radius 1 is 1.18 bits per heavy atom. The maximum absolute atomic E-state index is 13.2. The minimum absolute atomic E-state index is 0.0246. The molecule has 1 N–H and O–H groups in total. The van der Waals surface area contributed by atoms with Crippen LogP contribution in [-0.2, 0) is 9.53 Å². The van der Waals surface area contributed by atoms with E-state index in [9.17, 15) is 9.59 Å². The van der Waals surface area contributed by atoms with Crippen LogP contribution >= 0.6 is 11.8 Å². The third-order valence-electron chi connectivity index (χ3n) is 8.34. The maximum Gasteiger partial charge on any atom is 0.262 e. The van der Waals surface area contributed by atoms with E-state index in [1.807, 2.05) is 25.1 Å². The molecule has 6 rings (SSSR count). The highest BCUT2D eigenvalue weighted by molar-refractivity contribution is 7.99. The molecule has 0 aliphatic heterocycles. The molecule has 6 nitrogen and oxygen atoms in total. The molecule has 2 atom stereocenters. The lowest BCUT2D eigenvalue weighted by Gasteiger charge is -2.59. The first-order valence-corrected chi connectivity index (χ1v) is 13.3. The Morgan fingerprint density at radius 3 is 2.45 bits per heavy atom. The van der Waals surface area contributed by atoms with E-state index in [1.54, 1.807) is 17.7 Å². The van der Waals surface area contributed by atoms with E-state index < -0.39 is 0 Å². The first kappa shape index (κ1) is 22.9. The number of aromatic nitrogens is 2. The fourth-order valence-corrected chi connectivity index (χ4v) is 8.11. The van der Waals surface area contributed by atoms with Gasteiger partial charge < -0.3 is 10.1 Å². The topological polar surface area (TPSA) is 73.2 Å². The molecule has 1 aromatic carbocycles. The number of ether oxygens (including phenoxy) is 1. The van der Waals surface area contributed by atoms with Gasteiger partial charge in [-0.3, -0.25) is 14.2 Å². The van der Waals surface area contributed by atoms with Crippen molar-refractivity contribution in [1.82, 2.24) is 14.9 Å². The van der Waals surface area contributed by atoms with Gasteiger partial charge in [0.1, 0.15) is 0 Å². The second-order valence-electron chi connectivity index (χ2n) is 10.7. The van der Waals surface area contributed by atoms with E-state index in [2.05, 4.69) is 12.2 Å². The first-order valence-electron chi connectivity index (χ1n) is 12.3. The summed E-state index contributed by atoms with van der Waals surface area (Å²) >= 11 is 1.34. The Balaban J connectivity index is 1.31. The zero-order valence-electron chi connectivity index (χ0n) is 19.9. The van der Waals surface area contributed by atoms with Crippen LogP contribution < -0.4 is 10.9 Å². The molecule has 4 bridgehead atoms. The predicted octanol–water partition coefficient (Wildman–Crippen LogP) is 4.42. The number of nitrogens with zero attached hydrogens (tertiary/aromatic N) is 2. The van der Waals surface area contributed by atoms with Gasteiger partial charge in [0.15, 0.2) is 5.16 Å². The van der Waals surface area contributed by atoms with Crippen LogP contribution in [0.15, 0.2) is 34.2 Å². The SMILES string of the molecule is COCC(C)n1c(SCC(=O)NC(C)C23CC4CC(CC(C4)C2)C3)nc2ccccc2c1=O. The average Bonchev–Trinajstić information content (AvgIpc) is 2.77. The molecular formula is C26H35N3O3S. The van der Waals surface area contributed by atoms with E-state index in [-0.39, 0.29) is 34.7 Å². The maximum atomic E-state index is 13.2. The summed E-state index contributed by atoms with van der Waals surface area (Å²) in [5.41, 5.74) is 0.855. The molecule has 4 fully saturated rings. The molecule has 0 saturated heterocycles. The minimum atomic E-state index is -0.170. The van der Waals surface area contributed by atoms with E-state index in [1.165, 1.54) is 50.3 Å². The van der Waals surface area contributed by atoms with Crippen molar-refractivity contribution < 1.29 is 9.53 Å². The van der Waals surface area contributed by atoms with Crippen molar-refractivity contribution in [3.05, 3.63) is 34.6 Å². The Bertz CT molecular complexity index is 1060. The second kappa shape index (κ2) is 9.06. The van der Waals surface area contributed by atoms with Gasteiger partial charge in [-0.2, -0.15) is 0 Å². The summed E-state index contributed by atoms with van der Waals surface area (Å²) < 4.78 is 6.97. The Hall–Kier alpha value is -1.86. The number of carbonyl (C=O) groups excluding carboxylic acids is 1. The fraction of sp³-hybridized carbons (Fsp3) is 0.654. The van der Waals surface area contributed by atoms with Crippen molar-refractivity contribution in [2.75, 3.05) is 19.5 Å². The van der Waals surface area contributed by atoms with Crippen LogP contribution in [0, 0.1) is 23.2 Å². The third-order valence-corrected chi connectivity index (χ3v) is 9.29. The summed E-state index contributed by atoms with van der Waals surface area (Å²) in [6.45, 7) is 4.56. The van der Waals surface area contributed by atoms with Crippen molar-refractivity contribution in [2.45, 2.75) is 69.6 Å². The van der Waals surface area contributed by atoms with Crippen molar-refractivity contribution in [1.29, 1.82) is 0 Å². The quantitative estimate of drug-likeness (QED) is 0.458. The van der Waals surface area contributed by atoms with Gasteiger partial charge in [-0.05, 0) is 87.7 Å². The highest BCUT2D eigenvalue weighted by atomic mass is 32.2. The zero-order valence-corrected chi connectivity index (χ0v) is 20.7. The largest absolute Gasteiger partial charge is 0.383 e. The lowest BCUT2D eigenvalue weighted by atomic mass is 9.48. The third kappa shape index (κ3) is 4.34. The smallest absolute Gasteiger partial charge is 0.262 e. The molecule has 2 unspecified atom stereocenters. The summed E-state index contributed by atoms with van der Waals surface area (Å²) in [4.78, 5) is 30.9. The predicted molar refractivity (Wildman–Crippen MR) is 132 cm³/mol. The molecule has 33 heavy (non-hydrogen) atoms. The van der Waals surface area contributed by atoms with Crippen molar-refractivity contribution in [3.8, 4) is 0 Å². The molecule has 2 aromatic rings. The van der Waals surface area contributed by atoms with Crippen LogP contribution in [-0.4, -0.2) is 41.0 Å². The van der Waals surface area contributed by atoms with E-state index in [0.717, 1.165) is 17.8 Å². The number of thioether (sulfide) groups is 1. The minimum Gasteiger partial charge on any atom is -0.383 e. The number of hydrogen-bond acceptors (Lipinski definition) is 5. The van der Waals surface area contributed by atoms with Crippen LogP contribution in [0.2, 0.25) is 0 Å². The molecule has 0 radical (unpaired) electrons. The highest BCUT2D eigenvalue weighted by Crippen LogP contribution is 2.61. The molecule has 4 saturated carbocycles. The number of nitrogens with one attached hydrogen (secondary N) is 1. The van der Waals surface area contributed by atoms with Crippen molar-refractivity contribution in [3.63, 3.8) is 0 Å². The first-order chi connectivity index (χ1) is 15.9. The number of benzene rings is 1. The van der Waals surface area contributed by atoms with E-state index in [0.29, 0.717) is 22.7 Å². The Kier molecular flexibility index (Phi) is 6.29. The molecule has 4 aliphatic carbocycles. The van der Waals surface area contributed by atoms with Gasteiger partial charge in [-0.25, -0.2) is 4.98 Å². The molecule has 1 amide bonds. The van der Waals surface area contributed by atoms with Gasteiger partial charge in [0.2, 0.25) is 5.91 Å². The number of amides is 1. The molecule has 1 aromatic heterocycles. The number of methoxy groups -OCH3 is 1. The van der Waals surface area contributed by atoms with Crippen LogP contribution in [0.3, 0.4) is 0 Å². The molecule has 4 aliphatic rings. The molecule has 7 heteroatoms. The monoisotopic (exact) mass is 469 g/mol. The van der Waals surface area contributed by atoms with E-state index >= 15 is 0 Å². The standard InChI is InChI=1S/C26H35N3O3S/c1-16(14-32-3)29-24(31)21-6-4-5-7-22(21)28-25(29)33-15-23(30)27-17(2)26-11-18-8-19(12-26)10-20(9-18)13-26/h4-7,16-20H,8-15H2,1-3H3,(H,27,30). The summed E-state index contributed by atoms with van der Waals surface area (Å²) in [7, 11) is 1.63. The van der Waals surface area contributed by atoms with Crippen LogP contribution in [0.1, 0.15) is 58.4 Å². The summed E-state index contributed by atoms with van der Waals surface area (Å²) in [6.07, 6.45) is 8.03. The van der Waals surface area contributed by atoms with Gasteiger partial charge in [0.25, 0.3) is 5.56 Å². The summed E-state index contributed by atoms with van der Waals surface area (Å²) in [6, 6.07) is 7.40. The molecule has 178 valence electrons. The average molecular weight is 470 g/mol. The van der Waals surface area contributed by atoms with Gasteiger partial charge in [0.05, 0.1) is 29.3 Å². The van der Waals surface area contributed by atoms with Crippen molar-refractivity contribution >= 4 is 28.6 Å². The van der Waals surface area contributed by atoms with Crippen LogP contribution in [0.25, 0.3) is 10.9 Å². The molecule has 0 spiro atoms. The Morgan fingerprint density at radius 2 is 1.82 bits per heavy atom. The Labute approximate surface area is 199 Å². The number of para-hydroxylation sites is 1. The van der Waals surface area contributed by atoms with Gasteiger partial charge >= 0.3 is 0 Å². The van der Waals surface area contributed by atoms with Gasteiger partial charge in [-0.1, -0.05) is 23.9 Å². The summed E-state index contributed by atoms with van der Waals surface area (Å²) in [5.74, 6) is 2.87. The van der Waals surface area contributed by atoms with Crippen molar-refractivity contribution in [2.24, 2.45) is 23.2 Å². The highest BCUT2D eigenvalue weighted by Gasteiger charge is 2.53. The van der Waals surface area contributed by atoms with Crippen LogP contribution in [0.4, 0.5) is 0 Å². The van der Waals surface area contributed by atoms with E-state index in [4.69, 9.17) is 9.72 Å². The fourth-order valence-electron chi connectivity index (χ4n) is 7.21. The lowest BCUT2D eigenvalue weighted by Crippen LogP contribution is -2.56. The molecular weight excluding hydrogens is 434 g/mol. The summed E-state index contributed by atoms with van der Waals surface area (Å²) in [5, 5.41) is 4.49. The normalized spacial score (nSPS) is 29.8. The lowest BCUT2D eigenvalue weighted by molar-refractivity contribution is -0.123. The second-order valence-corrected chi connectivity index (χ2v) is 11.7.